The monoisotopic (exact) mass is 484 g/mol. The molecule has 0 aliphatic rings. The van der Waals surface area contributed by atoms with Gasteiger partial charge in [-0.05, 0) is 48.1 Å². The van der Waals surface area contributed by atoms with Crippen molar-refractivity contribution in [3.05, 3.63) is 65.2 Å². The Morgan fingerprint density at radius 2 is 1.67 bits per heavy atom. The minimum atomic E-state index is -0.478. The molecule has 0 saturated carbocycles. The van der Waals surface area contributed by atoms with Gasteiger partial charge in [0.15, 0.2) is 5.11 Å². The summed E-state index contributed by atoms with van der Waals surface area (Å²) in [6.45, 7) is 0. The van der Waals surface area contributed by atoms with Gasteiger partial charge in [0.05, 0.1) is 24.9 Å². The highest BCUT2D eigenvalue weighted by Gasteiger charge is 2.16. The summed E-state index contributed by atoms with van der Waals surface area (Å²) in [5.74, 6) is 0.560. The molecule has 0 unspecified atom stereocenters. The smallest absolute Gasteiger partial charge is 0.249 e. The van der Waals surface area contributed by atoms with E-state index in [4.69, 9.17) is 39.0 Å². The number of hydrogen-bond donors (Lipinski definition) is 3. The number of amides is 1. The lowest BCUT2D eigenvalue weighted by molar-refractivity contribution is 0.100. The van der Waals surface area contributed by atoms with Gasteiger partial charge in [-0.1, -0.05) is 29.8 Å². The third-order valence-corrected chi connectivity index (χ3v) is 5.44. The van der Waals surface area contributed by atoms with Gasteiger partial charge < -0.3 is 30.7 Å². The summed E-state index contributed by atoms with van der Waals surface area (Å²) in [7, 11) is 6.93. The molecule has 3 aromatic carbocycles. The van der Waals surface area contributed by atoms with Crippen LogP contribution in [-0.4, -0.2) is 39.3 Å². The average molecular weight is 485 g/mol. The Kier molecular flexibility index (Phi) is 7.63. The fourth-order valence-corrected chi connectivity index (χ4v) is 3.85. The predicted molar refractivity (Wildman–Crippen MR) is 139 cm³/mol. The zero-order valence-electron chi connectivity index (χ0n) is 18.7. The fraction of sp³-hybridized carbons (Fsp3) is 0.167. The number of ether oxygens (including phenoxy) is 2. The summed E-state index contributed by atoms with van der Waals surface area (Å²) in [6, 6.07) is 16.4. The van der Waals surface area contributed by atoms with Gasteiger partial charge in [0, 0.05) is 42.7 Å². The van der Waals surface area contributed by atoms with Crippen LogP contribution in [0, 0.1) is 0 Å². The Balaban J connectivity index is 1.82. The van der Waals surface area contributed by atoms with Gasteiger partial charge in [0.1, 0.15) is 11.5 Å². The number of hydrogen-bond acceptors (Lipinski definition) is 5. The van der Waals surface area contributed by atoms with Crippen LogP contribution in [0.2, 0.25) is 5.02 Å². The molecule has 0 saturated heterocycles. The molecule has 172 valence electrons. The Hall–Kier alpha value is -3.49. The summed E-state index contributed by atoms with van der Waals surface area (Å²) in [6.07, 6.45) is 0. The van der Waals surface area contributed by atoms with Crippen LogP contribution in [0.5, 0.6) is 11.5 Å². The first-order chi connectivity index (χ1) is 15.7. The maximum Gasteiger partial charge on any atom is 0.249 e. The van der Waals surface area contributed by atoms with Crippen LogP contribution < -0.4 is 30.7 Å². The van der Waals surface area contributed by atoms with E-state index in [0.29, 0.717) is 32.9 Å². The first kappa shape index (κ1) is 24.2. The number of nitrogens with one attached hydrogen (secondary N) is 2. The summed E-state index contributed by atoms with van der Waals surface area (Å²) in [5.41, 5.74) is 9.98. The highest BCUT2D eigenvalue weighted by Crippen LogP contribution is 2.36. The molecule has 0 aliphatic heterocycles. The number of nitrogens with zero attached hydrogens (tertiary/aromatic N) is 1. The minimum absolute atomic E-state index is 0.355. The van der Waals surface area contributed by atoms with Crippen LogP contribution >= 0.6 is 23.8 Å². The minimum Gasteiger partial charge on any atom is -0.495 e. The van der Waals surface area contributed by atoms with Crippen LogP contribution in [0.4, 0.5) is 17.1 Å². The third kappa shape index (κ3) is 5.47. The van der Waals surface area contributed by atoms with Gasteiger partial charge >= 0.3 is 0 Å². The molecular formula is C24H25ClN4O3S. The first-order valence-electron chi connectivity index (χ1n) is 9.95. The lowest BCUT2D eigenvalue weighted by Crippen LogP contribution is -2.19. The fourth-order valence-electron chi connectivity index (χ4n) is 3.38. The maximum absolute atomic E-state index is 12.0. The maximum atomic E-state index is 12.0. The Morgan fingerprint density at radius 1 is 1.00 bits per heavy atom. The van der Waals surface area contributed by atoms with Crippen molar-refractivity contribution in [1.82, 2.24) is 0 Å². The van der Waals surface area contributed by atoms with E-state index in [1.807, 2.05) is 55.4 Å². The molecule has 0 heterocycles. The molecule has 3 rings (SSSR count). The highest BCUT2D eigenvalue weighted by molar-refractivity contribution is 7.80. The van der Waals surface area contributed by atoms with Crippen molar-refractivity contribution < 1.29 is 14.3 Å². The molecule has 33 heavy (non-hydrogen) atoms. The van der Waals surface area contributed by atoms with Crippen LogP contribution in [0.3, 0.4) is 0 Å². The topological polar surface area (TPSA) is 88.9 Å². The lowest BCUT2D eigenvalue weighted by atomic mass is 9.96. The average Bonchev–Trinajstić information content (AvgIpc) is 2.79. The summed E-state index contributed by atoms with van der Waals surface area (Å²) in [5, 5.41) is 7.00. The number of primary amides is 1. The van der Waals surface area contributed by atoms with E-state index in [9.17, 15) is 4.79 Å². The molecule has 0 bridgehead atoms. The SMILES string of the molecule is COc1cc(OC)c(NC(=S)Nc2ccc(-c3c(C(N)=O)cccc3N(C)C)cc2)cc1Cl. The van der Waals surface area contributed by atoms with Crippen molar-refractivity contribution in [1.29, 1.82) is 0 Å². The summed E-state index contributed by atoms with van der Waals surface area (Å²) < 4.78 is 10.6. The Bertz CT molecular complexity index is 1180. The second kappa shape index (κ2) is 10.4. The van der Waals surface area contributed by atoms with Crippen LogP contribution in [0.15, 0.2) is 54.6 Å². The molecule has 0 fully saturated rings. The standard InChI is InChI=1S/C24H25ClN4O3S/c1-29(2)19-7-5-6-16(23(26)30)22(19)14-8-10-15(11-9-14)27-24(33)28-18-12-17(25)20(31-3)13-21(18)32-4/h5-13H,1-4H3,(H2,26,30)(H2,27,28,33). The number of benzene rings is 3. The van der Waals surface area contributed by atoms with Gasteiger partial charge in [-0.15, -0.1) is 0 Å². The summed E-state index contributed by atoms with van der Waals surface area (Å²) >= 11 is 11.7. The second-order valence-corrected chi connectivity index (χ2v) is 8.12. The number of methoxy groups -OCH3 is 2. The first-order valence-corrected chi connectivity index (χ1v) is 10.7. The normalized spacial score (nSPS) is 10.3. The quantitative estimate of drug-likeness (QED) is 0.407. The van der Waals surface area contributed by atoms with Crippen molar-refractivity contribution in [3.63, 3.8) is 0 Å². The number of carbonyl (C=O) groups excluding carboxylic acids is 1. The number of thiocarbonyl (C=S) groups is 1. The number of nitrogens with two attached hydrogens (primary N) is 1. The highest BCUT2D eigenvalue weighted by atomic mass is 35.5. The van der Waals surface area contributed by atoms with Crippen molar-refractivity contribution in [2.75, 3.05) is 43.8 Å². The molecule has 0 radical (unpaired) electrons. The van der Waals surface area contributed by atoms with E-state index in [0.717, 1.165) is 22.5 Å². The Labute approximate surface area is 203 Å². The van der Waals surface area contributed by atoms with E-state index in [2.05, 4.69) is 10.6 Å². The van der Waals surface area contributed by atoms with Crippen molar-refractivity contribution in [2.45, 2.75) is 0 Å². The van der Waals surface area contributed by atoms with E-state index >= 15 is 0 Å². The molecule has 0 spiro atoms. The van der Waals surface area contributed by atoms with Gasteiger partial charge in [0.25, 0.3) is 0 Å². The van der Waals surface area contributed by atoms with Crippen LogP contribution in [0.25, 0.3) is 11.1 Å². The van der Waals surface area contributed by atoms with E-state index in [1.54, 1.807) is 25.3 Å². The number of carbonyl (C=O) groups is 1. The molecule has 7 nitrogen and oxygen atoms in total. The zero-order valence-corrected chi connectivity index (χ0v) is 20.3. The molecule has 3 aromatic rings. The number of halogens is 1. The predicted octanol–water partition coefficient (Wildman–Crippen LogP) is 5.00. The van der Waals surface area contributed by atoms with Crippen LogP contribution in [0.1, 0.15) is 10.4 Å². The molecule has 0 aromatic heterocycles. The molecule has 9 heteroatoms. The third-order valence-electron chi connectivity index (χ3n) is 4.94. The van der Waals surface area contributed by atoms with Crippen molar-refractivity contribution in [3.8, 4) is 22.6 Å². The zero-order chi connectivity index (χ0) is 24.1. The molecule has 0 aliphatic carbocycles. The van der Waals surface area contributed by atoms with Gasteiger partial charge in [-0.2, -0.15) is 0 Å². The summed E-state index contributed by atoms with van der Waals surface area (Å²) in [4.78, 5) is 14.0. The van der Waals surface area contributed by atoms with Gasteiger partial charge in [-0.3, -0.25) is 4.79 Å². The number of rotatable bonds is 7. The molecule has 1 amide bonds. The number of anilines is 3. The largest absolute Gasteiger partial charge is 0.495 e. The van der Waals surface area contributed by atoms with Crippen molar-refractivity contribution >= 4 is 51.9 Å². The lowest BCUT2D eigenvalue weighted by Gasteiger charge is -2.20. The van der Waals surface area contributed by atoms with E-state index in [-0.39, 0.29) is 0 Å². The van der Waals surface area contributed by atoms with E-state index in [1.165, 1.54) is 7.11 Å². The Morgan fingerprint density at radius 3 is 2.24 bits per heavy atom. The van der Waals surface area contributed by atoms with Gasteiger partial charge in [0.2, 0.25) is 5.91 Å². The van der Waals surface area contributed by atoms with Crippen LogP contribution in [-0.2, 0) is 0 Å². The second-order valence-electron chi connectivity index (χ2n) is 7.30. The molecular weight excluding hydrogens is 460 g/mol. The van der Waals surface area contributed by atoms with E-state index < -0.39 is 5.91 Å². The van der Waals surface area contributed by atoms with Crippen molar-refractivity contribution in [2.24, 2.45) is 5.73 Å². The molecule has 0 atom stereocenters. The van der Waals surface area contributed by atoms with Gasteiger partial charge in [-0.25, -0.2) is 0 Å². The molecule has 4 N–H and O–H groups in total.